The summed E-state index contributed by atoms with van der Waals surface area (Å²) in [6, 6.07) is 18.9. The van der Waals surface area contributed by atoms with Gasteiger partial charge in [-0.15, -0.1) is 0 Å². The molecule has 3 rings (SSSR count). The van der Waals surface area contributed by atoms with Crippen LogP contribution in [-0.2, 0) is 12.8 Å². The van der Waals surface area contributed by atoms with E-state index in [1.165, 1.54) is 70.6 Å². The first-order chi connectivity index (χ1) is 13.3. The Morgan fingerprint density at radius 1 is 0.704 bits per heavy atom. The molecule has 0 saturated heterocycles. The third-order valence-electron chi connectivity index (χ3n) is 6.04. The monoisotopic (exact) mass is 380 g/mol. The molecule has 146 valence electrons. The molecule has 0 aliphatic heterocycles. The molecule has 0 aromatic heterocycles. The van der Waals surface area contributed by atoms with Crippen molar-refractivity contribution in [3.05, 3.63) is 59.7 Å². The van der Waals surface area contributed by atoms with E-state index in [1.807, 2.05) is 0 Å². The summed E-state index contributed by atoms with van der Waals surface area (Å²) >= 11 is 0. The Labute approximate surface area is 168 Å². The van der Waals surface area contributed by atoms with Crippen LogP contribution in [0.1, 0.15) is 82.8 Å². The van der Waals surface area contributed by atoms with Crippen LogP contribution in [0.25, 0.3) is 0 Å². The lowest BCUT2D eigenvalue weighted by Gasteiger charge is -2.34. The average Bonchev–Trinajstić information content (AvgIpc) is 2.73. The van der Waals surface area contributed by atoms with Crippen LogP contribution in [0.2, 0.25) is 0 Å². The Balaban J connectivity index is 2.03. The van der Waals surface area contributed by atoms with Crippen LogP contribution in [-0.4, -0.2) is 5.66 Å². The van der Waals surface area contributed by atoms with Gasteiger partial charge >= 0.3 is 0 Å². The van der Waals surface area contributed by atoms with E-state index < -0.39 is 0 Å². The van der Waals surface area contributed by atoms with Crippen LogP contribution in [0.5, 0.6) is 0 Å². The van der Waals surface area contributed by atoms with Gasteiger partial charge in [-0.1, -0.05) is 94.5 Å². The standard InChI is InChI=1S/C26H37P/c1-3-5-14-22-16-10-12-20-25(22)27(24-18-8-7-9-19-24)26-21-13-11-17-23(26)15-6-4-2/h10-13,16-17,20-21,24H,3-9,14-15,18-19H2,1-2H3. The summed E-state index contributed by atoms with van der Waals surface area (Å²) in [5.74, 6) is 0. The van der Waals surface area contributed by atoms with Crippen molar-refractivity contribution in [2.45, 2.75) is 90.1 Å². The lowest BCUT2D eigenvalue weighted by atomic mass is 10.0. The molecule has 2 aromatic rings. The molecule has 0 spiro atoms. The predicted molar refractivity (Wildman–Crippen MR) is 123 cm³/mol. The van der Waals surface area contributed by atoms with Crippen LogP contribution in [0.4, 0.5) is 0 Å². The first-order valence-corrected chi connectivity index (χ1v) is 12.7. The summed E-state index contributed by atoms with van der Waals surface area (Å²) < 4.78 is 0. The predicted octanol–water partition coefficient (Wildman–Crippen LogP) is 7.14. The highest BCUT2D eigenvalue weighted by Crippen LogP contribution is 2.48. The van der Waals surface area contributed by atoms with Crippen LogP contribution in [0.15, 0.2) is 48.5 Å². The van der Waals surface area contributed by atoms with Crippen molar-refractivity contribution >= 4 is 18.5 Å². The second-order valence-electron chi connectivity index (χ2n) is 8.13. The van der Waals surface area contributed by atoms with Gasteiger partial charge in [0.1, 0.15) is 0 Å². The summed E-state index contributed by atoms with van der Waals surface area (Å²) in [5.41, 5.74) is 4.13. The molecule has 0 nitrogen and oxygen atoms in total. The number of unbranched alkanes of at least 4 members (excludes halogenated alkanes) is 2. The first-order valence-electron chi connectivity index (χ1n) is 11.3. The highest BCUT2D eigenvalue weighted by Gasteiger charge is 2.29. The SMILES string of the molecule is CCCCc1ccccc1P(c1ccccc1CCCC)C1CCCCC1. The summed E-state index contributed by atoms with van der Waals surface area (Å²) in [6.07, 6.45) is 14.8. The molecule has 0 bridgehead atoms. The number of benzene rings is 2. The molecular weight excluding hydrogens is 343 g/mol. The van der Waals surface area contributed by atoms with E-state index in [2.05, 4.69) is 62.4 Å². The van der Waals surface area contributed by atoms with Gasteiger partial charge in [-0.05, 0) is 73.8 Å². The second kappa shape index (κ2) is 11.0. The highest BCUT2D eigenvalue weighted by atomic mass is 31.1. The van der Waals surface area contributed by atoms with E-state index in [0.29, 0.717) is 0 Å². The van der Waals surface area contributed by atoms with Gasteiger partial charge in [0.05, 0.1) is 0 Å². The van der Waals surface area contributed by atoms with Gasteiger partial charge < -0.3 is 0 Å². The quantitative estimate of drug-likeness (QED) is 0.406. The number of hydrogen-bond acceptors (Lipinski definition) is 0. The Hall–Kier alpha value is -1.13. The minimum absolute atomic E-state index is 0.244. The average molecular weight is 381 g/mol. The fourth-order valence-electron chi connectivity index (χ4n) is 4.51. The number of rotatable bonds is 9. The van der Waals surface area contributed by atoms with Crippen molar-refractivity contribution in [1.29, 1.82) is 0 Å². The zero-order valence-electron chi connectivity index (χ0n) is 17.4. The molecule has 0 unspecified atom stereocenters. The third kappa shape index (κ3) is 5.45. The molecule has 1 fully saturated rings. The van der Waals surface area contributed by atoms with Crippen molar-refractivity contribution in [3.8, 4) is 0 Å². The molecule has 1 aliphatic rings. The fourth-order valence-corrected chi connectivity index (χ4v) is 7.92. The minimum Gasteiger partial charge on any atom is -0.0654 e. The maximum atomic E-state index is 2.47. The van der Waals surface area contributed by atoms with Gasteiger partial charge in [0.15, 0.2) is 0 Å². The molecule has 27 heavy (non-hydrogen) atoms. The Kier molecular flexibility index (Phi) is 8.40. The minimum atomic E-state index is -0.244. The fraction of sp³-hybridized carbons (Fsp3) is 0.538. The van der Waals surface area contributed by atoms with Crippen molar-refractivity contribution in [2.24, 2.45) is 0 Å². The van der Waals surface area contributed by atoms with Gasteiger partial charge in [0, 0.05) is 0 Å². The van der Waals surface area contributed by atoms with E-state index in [0.717, 1.165) is 5.66 Å². The van der Waals surface area contributed by atoms with Gasteiger partial charge in [-0.2, -0.15) is 0 Å². The molecule has 1 aliphatic carbocycles. The van der Waals surface area contributed by atoms with Gasteiger partial charge in [0.25, 0.3) is 0 Å². The van der Waals surface area contributed by atoms with E-state index in [1.54, 1.807) is 21.7 Å². The number of aryl methyl sites for hydroxylation is 2. The second-order valence-corrected chi connectivity index (χ2v) is 10.6. The molecule has 1 heteroatoms. The molecule has 2 aromatic carbocycles. The van der Waals surface area contributed by atoms with Crippen molar-refractivity contribution in [1.82, 2.24) is 0 Å². The van der Waals surface area contributed by atoms with E-state index in [9.17, 15) is 0 Å². The molecule has 0 N–H and O–H groups in total. The summed E-state index contributed by atoms with van der Waals surface area (Å²) in [7, 11) is -0.244. The zero-order chi connectivity index (χ0) is 18.9. The summed E-state index contributed by atoms with van der Waals surface area (Å²) in [5, 5.41) is 3.38. The third-order valence-corrected chi connectivity index (χ3v) is 9.20. The Morgan fingerprint density at radius 2 is 1.19 bits per heavy atom. The first kappa shape index (κ1) is 20.6. The maximum absolute atomic E-state index is 2.47. The summed E-state index contributed by atoms with van der Waals surface area (Å²) in [6.45, 7) is 4.62. The zero-order valence-corrected chi connectivity index (χ0v) is 18.3. The lowest BCUT2D eigenvalue weighted by molar-refractivity contribution is 0.513. The molecular formula is C26H37P. The normalized spacial score (nSPS) is 15.4. The van der Waals surface area contributed by atoms with E-state index in [4.69, 9.17) is 0 Å². The topological polar surface area (TPSA) is 0 Å². The molecule has 0 amide bonds. The number of hydrogen-bond donors (Lipinski definition) is 0. The van der Waals surface area contributed by atoms with Crippen LogP contribution >= 0.6 is 7.92 Å². The van der Waals surface area contributed by atoms with Crippen LogP contribution < -0.4 is 10.6 Å². The summed E-state index contributed by atoms with van der Waals surface area (Å²) in [4.78, 5) is 0. The Bertz CT molecular complexity index is 633. The van der Waals surface area contributed by atoms with Gasteiger partial charge in [-0.25, -0.2) is 0 Å². The molecule has 0 atom stereocenters. The maximum Gasteiger partial charge on any atom is -0.0129 e. The Morgan fingerprint density at radius 3 is 1.67 bits per heavy atom. The lowest BCUT2D eigenvalue weighted by Crippen LogP contribution is -2.27. The van der Waals surface area contributed by atoms with Crippen LogP contribution in [0, 0.1) is 0 Å². The van der Waals surface area contributed by atoms with E-state index >= 15 is 0 Å². The smallest absolute Gasteiger partial charge is 0.0129 e. The molecule has 1 saturated carbocycles. The largest absolute Gasteiger partial charge is 0.0654 e. The van der Waals surface area contributed by atoms with E-state index in [-0.39, 0.29) is 7.92 Å². The van der Waals surface area contributed by atoms with Crippen molar-refractivity contribution in [3.63, 3.8) is 0 Å². The van der Waals surface area contributed by atoms with Crippen LogP contribution in [0.3, 0.4) is 0 Å². The molecule has 0 radical (unpaired) electrons. The van der Waals surface area contributed by atoms with Crippen molar-refractivity contribution in [2.75, 3.05) is 0 Å². The highest BCUT2D eigenvalue weighted by molar-refractivity contribution is 7.73. The molecule has 0 heterocycles. The van der Waals surface area contributed by atoms with Gasteiger partial charge in [0.2, 0.25) is 0 Å². The van der Waals surface area contributed by atoms with Gasteiger partial charge in [-0.3, -0.25) is 0 Å². The van der Waals surface area contributed by atoms with Crippen molar-refractivity contribution < 1.29 is 0 Å².